The number of pyridine rings is 1. The van der Waals surface area contributed by atoms with Crippen LogP contribution in [0.4, 0.5) is 0 Å². The van der Waals surface area contributed by atoms with Gasteiger partial charge in [0.25, 0.3) is 5.56 Å². The van der Waals surface area contributed by atoms with Gasteiger partial charge >= 0.3 is 0 Å². The smallest absolute Gasteiger partial charge is 0.251 e. The molecule has 3 heterocycles. The molecule has 2 aromatic heterocycles. The predicted molar refractivity (Wildman–Crippen MR) is 119 cm³/mol. The Morgan fingerprint density at radius 2 is 1.77 bits per heavy atom. The van der Waals surface area contributed by atoms with Crippen LogP contribution in [0.15, 0.2) is 47.3 Å². The van der Waals surface area contributed by atoms with Crippen LogP contribution in [0.5, 0.6) is 11.5 Å². The summed E-state index contributed by atoms with van der Waals surface area (Å²) in [5, 5.41) is 0. The molecule has 1 aliphatic heterocycles. The molecule has 0 radical (unpaired) electrons. The molecule has 0 bridgehead atoms. The van der Waals surface area contributed by atoms with Gasteiger partial charge in [-0.3, -0.25) is 14.7 Å². The number of likely N-dealkylation sites (tertiary alicyclic amines) is 1. The third-order valence-corrected chi connectivity index (χ3v) is 5.82. The fourth-order valence-electron chi connectivity index (χ4n) is 4.44. The maximum Gasteiger partial charge on any atom is 0.251 e. The molecule has 0 amide bonds. The Bertz CT molecular complexity index is 1130. The van der Waals surface area contributed by atoms with E-state index >= 15 is 0 Å². The fraction of sp³-hybridized carbons (Fsp3) is 0.375. The Labute approximate surface area is 182 Å². The maximum atomic E-state index is 12.1. The first-order valence-electron chi connectivity index (χ1n) is 10.4. The van der Waals surface area contributed by atoms with E-state index in [0.717, 1.165) is 42.3 Å². The van der Waals surface area contributed by atoms with Crippen LogP contribution in [0.1, 0.15) is 40.3 Å². The molecule has 7 nitrogen and oxygen atoms in total. The Morgan fingerprint density at radius 1 is 1.00 bits per heavy atom. The summed E-state index contributed by atoms with van der Waals surface area (Å²) < 4.78 is 10.9. The van der Waals surface area contributed by atoms with E-state index < -0.39 is 0 Å². The summed E-state index contributed by atoms with van der Waals surface area (Å²) in [4.78, 5) is 26.6. The van der Waals surface area contributed by atoms with E-state index in [-0.39, 0.29) is 17.4 Å². The van der Waals surface area contributed by atoms with Crippen LogP contribution in [-0.4, -0.2) is 47.2 Å². The van der Waals surface area contributed by atoms with Crippen LogP contribution in [-0.2, 0) is 6.54 Å². The third-order valence-electron chi connectivity index (χ3n) is 5.82. The number of hydrogen-bond acceptors (Lipinski definition) is 6. The van der Waals surface area contributed by atoms with Gasteiger partial charge in [-0.2, -0.15) is 0 Å². The summed E-state index contributed by atoms with van der Waals surface area (Å²) in [6.45, 7) is 6.21. The fourth-order valence-corrected chi connectivity index (χ4v) is 4.44. The number of hydrogen-bond donors (Lipinski definition) is 1. The zero-order valence-electron chi connectivity index (χ0n) is 18.4. The highest BCUT2D eigenvalue weighted by atomic mass is 16.5. The standard InChI is InChI=1S/C24H28N4O3/c1-15-6-5-7-18(25-15)12-28-13-19(17-8-9-22(30-3)23(10-17)31-4)20(14-28)21-11-24(29)27-16(2)26-21/h5-11,19-20H,12-14H2,1-4H3,(H,26,27,29)/t19-,20+/m0/s1. The number of nitrogens with one attached hydrogen (secondary N) is 1. The van der Waals surface area contributed by atoms with Gasteiger partial charge in [0.1, 0.15) is 5.82 Å². The first kappa shape index (κ1) is 21.1. The Balaban J connectivity index is 1.69. The van der Waals surface area contributed by atoms with Gasteiger partial charge in [0.05, 0.1) is 25.6 Å². The van der Waals surface area contributed by atoms with Crippen LogP contribution < -0.4 is 15.0 Å². The van der Waals surface area contributed by atoms with E-state index in [4.69, 9.17) is 9.47 Å². The first-order valence-corrected chi connectivity index (χ1v) is 10.4. The van der Waals surface area contributed by atoms with Crippen molar-refractivity contribution < 1.29 is 9.47 Å². The lowest BCUT2D eigenvalue weighted by Gasteiger charge is -2.20. The highest BCUT2D eigenvalue weighted by Crippen LogP contribution is 2.41. The molecule has 2 atom stereocenters. The first-order chi connectivity index (χ1) is 15.0. The van der Waals surface area contributed by atoms with E-state index in [1.165, 1.54) is 0 Å². The Kier molecular flexibility index (Phi) is 6.04. The van der Waals surface area contributed by atoms with Crippen LogP contribution in [0.2, 0.25) is 0 Å². The third kappa shape index (κ3) is 4.61. The highest BCUT2D eigenvalue weighted by Gasteiger charge is 2.36. The summed E-state index contributed by atoms with van der Waals surface area (Å²) in [7, 11) is 3.28. The van der Waals surface area contributed by atoms with Crippen LogP contribution in [0.3, 0.4) is 0 Å². The van der Waals surface area contributed by atoms with Gasteiger partial charge in [-0.1, -0.05) is 12.1 Å². The molecule has 0 unspecified atom stereocenters. The molecule has 7 heteroatoms. The zero-order valence-corrected chi connectivity index (χ0v) is 18.4. The molecule has 3 aromatic rings. The lowest BCUT2D eigenvalue weighted by molar-refractivity contribution is 0.319. The van der Waals surface area contributed by atoms with E-state index in [1.807, 2.05) is 38.1 Å². The van der Waals surface area contributed by atoms with Crippen molar-refractivity contribution in [2.45, 2.75) is 32.2 Å². The van der Waals surface area contributed by atoms with Crippen molar-refractivity contribution in [3.8, 4) is 11.5 Å². The second kappa shape index (κ2) is 8.89. The second-order valence-corrected chi connectivity index (χ2v) is 8.05. The van der Waals surface area contributed by atoms with Crippen molar-refractivity contribution in [1.29, 1.82) is 0 Å². The minimum atomic E-state index is -0.118. The van der Waals surface area contributed by atoms with Crippen molar-refractivity contribution in [1.82, 2.24) is 19.9 Å². The quantitative estimate of drug-likeness (QED) is 0.660. The molecular weight excluding hydrogens is 392 g/mol. The minimum absolute atomic E-state index is 0.0870. The number of H-pyrrole nitrogens is 1. The number of methoxy groups -OCH3 is 2. The second-order valence-electron chi connectivity index (χ2n) is 8.05. The number of nitrogens with zero attached hydrogens (tertiary/aromatic N) is 3. The molecule has 0 saturated carbocycles. The topological polar surface area (TPSA) is 80.3 Å². The molecule has 1 aliphatic rings. The number of rotatable bonds is 6. The molecule has 1 aromatic carbocycles. The minimum Gasteiger partial charge on any atom is -0.493 e. The normalized spacial score (nSPS) is 18.8. The lowest BCUT2D eigenvalue weighted by Crippen LogP contribution is -2.21. The van der Waals surface area contributed by atoms with Crippen molar-refractivity contribution in [2.24, 2.45) is 0 Å². The predicted octanol–water partition coefficient (Wildman–Crippen LogP) is 3.18. The molecular formula is C24H28N4O3. The van der Waals surface area contributed by atoms with Gasteiger partial charge in [-0.05, 0) is 43.7 Å². The SMILES string of the molecule is COc1ccc([C@@H]2CN(Cc3cccc(C)n3)C[C@H]2c2cc(=O)[nH]c(C)n2)cc1OC. The summed E-state index contributed by atoms with van der Waals surface area (Å²) in [6.07, 6.45) is 0. The molecule has 1 N–H and O–H groups in total. The van der Waals surface area contributed by atoms with Gasteiger partial charge < -0.3 is 14.5 Å². The summed E-state index contributed by atoms with van der Waals surface area (Å²) >= 11 is 0. The van der Waals surface area contributed by atoms with E-state index in [0.29, 0.717) is 17.3 Å². The number of benzene rings is 1. The van der Waals surface area contributed by atoms with Crippen LogP contribution in [0.25, 0.3) is 0 Å². The molecule has 4 rings (SSSR count). The van der Waals surface area contributed by atoms with Crippen LogP contribution in [0, 0.1) is 13.8 Å². The van der Waals surface area contributed by atoms with Gasteiger partial charge in [0.15, 0.2) is 11.5 Å². The van der Waals surface area contributed by atoms with Crippen LogP contribution >= 0.6 is 0 Å². The molecule has 0 spiro atoms. The molecule has 1 saturated heterocycles. The maximum absolute atomic E-state index is 12.1. The number of ether oxygens (including phenoxy) is 2. The Hall–Kier alpha value is -3.19. The molecule has 31 heavy (non-hydrogen) atoms. The van der Waals surface area contributed by atoms with Gasteiger partial charge in [0, 0.05) is 43.2 Å². The largest absolute Gasteiger partial charge is 0.493 e. The summed E-state index contributed by atoms with van der Waals surface area (Å²) in [5.41, 5.74) is 3.90. The van der Waals surface area contributed by atoms with Gasteiger partial charge in [-0.15, -0.1) is 0 Å². The lowest BCUT2D eigenvalue weighted by atomic mass is 9.86. The van der Waals surface area contributed by atoms with Crippen molar-refractivity contribution in [3.63, 3.8) is 0 Å². The average molecular weight is 421 g/mol. The molecule has 162 valence electrons. The summed E-state index contributed by atoms with van der Waals surface area (Å²) in [6, 6.07) is 13.8. The van der Waals surface area contributed by atoms with E-state index in [9.17, 15) is 4.79 Å². The van der Waals surface area contributed by atoms with Crippen molar-refractivity contribution >= 4 is 0 Å². The molecule has 1 fully saturated rings. The summed E-state index contributed by atoms with van der Waals surface area (Å²) in [5.74, 6) is 2.29. The number of aryl methyl sites for hydroxylation is 2. The monoisotopic (exact) mass is 420 g/mol. The van der Waals surface area contributed by atoms with Crippen molar-refractivity contribution in [2.75, 3.05) is 27.3 Å². The van der Waals surface area contributed by atoms with Gasteiger partial charge in [0.2, 0.25) is 0 Å². The molecule has 0 aliphatic carbocycles. The van der Waals surface area contributed by atoms with Gasteiger partial charge in [-0.25, -0.2) is 4.98 Å². The average Bonchev–Trinajstić information content (AvgIpc) is 3.16. The van der Waals surface area contributed by atoms with E-state index in [1.54, 1.807) is 20.3 Å². The Morgan fingerprint density at radius 3 is 2.48 bits per heavy atom. The highest BCUT2D eigenvalue weighted by molar-refractivity contribution is 5.45. The number of aromatic nitrogens is 3. The zero-order chi connectivity index (χ0) is 22.0. The van der Waals surface area contributed by atoms with Crippen molar-refractivity contribution in [3.05, 3.63) is 81.3 Å². The van der Waals surface area contributed by atoms with E-state index in [2.05, 4.69) is 32.0 Å². The number of aromatic amines is 1.